The number of hydrogen-bond donors (Lipinski definition) is 2. The fourth-order valence-electron chi connectivity index (χ4n) is 5.23. The number of piperazine rings is 1. The van der Waals surface area contributed by atoms with Gasteiger partial charge in [-0.15, -0.1) is 0 Å². The second-order valence-electron chi connectivity index (χ2n) is 10.5. The number of aromatic nitrogens is 3. The van der Waals surface area contributed by atoms with Crippen LogP contribution in [0, 0.1) is 20.8 Å². The molecule has 0 unspecified atom stereocenters. The van der Waals surface area contributed by atoms with Crippen molar-refractivity contribution in [2.45, 2.75) is 20.8 Å². The summed E-state index contributed by atoms with van der Waals surface area (Å²) < 4.78 is 7.61. The molecular formula is C31H37N7O2. The maximum atomic E-state index is 13.1. The van der Waals surface area contributed by atoms with Gasteiger partial charge in [0.15, 0.2) is 0 Å². The van der Waals surface area contributed by atoms with Crippen molar-refractivity contribution in [3.8, 4) is 17.1 Å². The molecule has 0 radical (unpaired) electrons. The Balaban J connectivity index is 1.34. The zero-order valence-corrected chi connectivity index (χ0v) is 24.1. The zero-order chi connectivity index (χ0) is 28.4. The SMILES string of the molecule is COc1cc(N2CCN(C)CC2)ccc1Nc1nccc(-c2cc(C(=O)Nc3c(C)cc(C)cc3C)cn2C)n1. The summed E-state index contributed by atoms with van der Waals surface area (Å²) in [5.74, 6) is 1.01. The summed E-state index contributed by atoms with van der Waals surface area (Å²) in [4.78, 5) is 27.0. The number of benzene rings is 2. The molecule has 2 N–H and O–H groups in total. The van der Waals surface area contributed by atoms with Gasteiger partial charge >= 0.3 is 0 Å². The lowest BCUT2D eigenvalue weighted by molar-refractivity contribution is 0.102. The van der Waals surface area contributed by atoms with Crippen LogP contribution in [0.1, 0.15) is 27.0 Å². The number of carbonyl (C=O) groups is 1. The van der Waals surface area contributed by atoms with E-state index in [1.807, 2.05) is 49.9 Å². The summed E-state index contributed by atoms with van der Waals surface area (Å²) >= 11 is 0. The van der Waals surface area contributed by atoms with Gasteiger partial charge in [-0.05, 0) is 63.2 Å². The van der Waals surface area contributed by atoms with Gasteiger partial charge in [0.1, 0.15) is 5.75 Å². The Bertz CT molecular complexity index is 1510. The number of aryl methyl sites for hydroxylation is 4. The lowest BCUT2D eigenvalue weighted by atomic mass is 10.0. The minimum atomic E-state index is -0.158. The molecule has 9 heteroatoms. The molecule has 9 nitrogen and oxygen atoms in total. The number of likely N-dealkylation sites (N-methyl/N-ethyl adjacent to an activating group) is 1. The number of anilines is 4. The monoisotopic (exact) mass is 539 g/mol. The number of carbonyl (C=O) groups excluding carboxylic acids is 1. The summed E-state index contributed by atoms with van der Waals surface area (Å²) in [5.41, 5.74) is 8.10. The van der Waals surface area contributed by atoms with Crippen LogP contribution in [0.3, 0.4) is 0 Å². The summed E-state index contributed by atoms with van der Waals surface area (Å²) in [7, 11) is 5.72. The number of nitrogens with zero attached hydrogens (tertiary/aromatic N) is 5. The summed E-state index contributed by atoms with van der Waals surface area (Å²) in [6.45, 7) is 10.1. The van der Waals surface area contributed by atoms with Crippen LogP contribution < -0.4 is 20.3 Å². The van der Waals surface area contributed by atoms with Crippen LogP contribution in [0.2, 0.25) is 0 Å². The van der Waals surface area contributed by atoms with Crippen LogP contribution in [0.5, 0.6) is 5.75 Å². The number of ether oxygens (including phenoxy) is 1. The van der Waals surface area contributed by atoms with Gasteiger partial charge in [-0.2, -0.15) is 0 Å². The van der Waals surface area contributed by atoms with Crippen molar-refractivity contribution in [3.63, 3.8) is 0 Å². The molecule has 2 aromatic carbocycles. The number of hydrogen-bond acceptors (Lipinski definition) is 7. The molecule has 0 aliphatic carbocycles. The Morgan fingerprint density at radius 1 is 0.950 bits per heavy atom. The van der Waals surface area contributed by atoms with E-state index in [1.54, 1.807) is 13.3 Å². The highest BCUT2D eigenvalue weighted by atomic mass is 16.5. The largest absolute Gasteiger partial charge is 0.494 e. The Morgan fingerprint density at radius 2 is 1.68 bits per heavy atom. The molecule has 2 aromatic heterocycles. The minimum absolute atomic E-state index is 0.158. The van der Waals surface area contributed by atoms with Gasteiger partial charge in [-0.25, -0.2) is 9.97 Å². The average molecular weight is 540 g/mol. The molecule has 5 rings (SSSR count). The van der Waals surface area contributed by atoms with Crippen molar-refractivity contribution in [2.24, 2.45) is 7.05 Å². The second-order valence-corrected chi connectivity index (χ2v) is 10.5. The van der Waals surface area contributed by atoms with Crippen molar-refractivity contribution in [3.05, 3.63) is 77.1 Å². The highest BCUT2D eigenvalue weighted by molar-refractivity contribution is 6.05. The van der Waals surface area contributed by atoms with E-state index in [0.717, 1.165) is 65.8 Å². The molecule has 4 aromatic rings. The predicted molar refractivity (Wildman–Crippen MR) is 161 cm³/mol. The second kappa shape index (κ2) is 11.4. The van der Waals surface area contributed by atoms with Crippen LogP contribution in [-0.4, -0.2) is 65.7 Å². The molecule has 208 valence electrons. The van der Waals surface area contributed by atoms with Crippen LogP contribution in [0.4, 0.5) is 23.0 Å². The van der Waals surface area contributed by atoms with Crippen molar-refractivity contribution >= 4 is 28.9 Å². The molecule has 1 aliphatic heterocycles. The first kappa shape index (κ1) is 27.2. The maximum absolute atomic E-state index is 13.1. The highest BCUT2D eigenvalue weighted by Crippen LogP contribution is 2.32. The van der Waals surface area contributed by atoms with Crippen molar-refractivity contribution in [2.75, 3.05) is 55.9 Å². The molecule has 0 saturated carbocycles. The van der Waals surface area contributed by atoms with Gasteiger partial charge in [0.05, 0.1) is 29.7 Å². The van der Waals surface area contributed by atoms with Crippen molar-refractivity contribution < 1.29 is 9.53 Å². The fourth-order valence-corrected chi connectivity index (χ4v) is 5.23. The molecule has 3 heterocycles. The lowest BCUT2D eigenvalue weighted by Gasteiger charge is -2.34. The predicted octanol–water partition coefficient (Wildman–Crippen LogP) is 5.16. The normalized spacial score (nSPS) is 13.8. The topological polar surface area (TPSA) is 87.5 Å². The van der Waals surface area contributed by atoms with E-state index in [1.165, 1.54) is 5.56 Å². The third-order valence-electron chi connectivity index (χ3n) is 7.40. The van der Waals surface area contributed by atoms with E-state index in [4.69, 9.17) is 9.72 Å². The molecule has 0 atom stereocenters. The molecule has 0 spiro atoms. The van der Waals surface area contributed by atoms with Crippen LogP contribution in [-0.2, 0) is 7.05 Å². The molecule has 1 saturated heterocycles. The van der Waals surface area contributed by atoms with E-state index in [0.29, 0.717) is 17.2 Å². The van der Waals surface area contributed by atoms with Gasteiger partial charge < -0.3 is 29.7 Å². The molecule has 1 aliphatic rings. The molecule has 0 bridgehead atoms. The van der Waals surface area contributed by atoms with Crippen molar-refractivity contribution in [1.82, 2.24) is 19.4 Å². The summed E-state index contributed by atoms with van der Waals surface area (Å²) in [6.07, 6.45) is 3.53. The van der Waals surface area contributed by atoms with Crippen LogP contribution in [0.25, 0.3) is 11.4 Å². The third-order valence-corrected chi connectivity index (χ3v) is 7.40. The molecule has 1 fully saturated rings. The number of rotatable bonds is 7. The summed E-state index contributed by atoms with van der Waals surface area (Å²) in [5, 5.41) is 6.39. The first-order valence-electron chi connectivity index (χ1n) is 13.5. The number of amides is 1. The quantitative estimate of drug-likeness (QED) is 0.335. The minimum Gasteiger partial charge on any atom is -0.494 e. The third kappa shape index (κ3) is 5.79. The van der Waals surface area contributed by atoms with E-state index >= 15 is 0 Å². The Kier molecular flexibility index (Phi) is 7.75. The highest BCUT2D eigenvalue weighted by Gasteiger charge is 2.18. The zero-order valence-electron chi connectivity index (χ0n) is 24.1. The van der Waals surface area contributed by atoms with E-state index < -0.39 is 0 Å². The first-order chi connectivity index (χ1) is 19.2. The van der Waals surface area contributed by atoms with Gasteiger partial charge in [0.25, 0.3) is 5.91 Å². The van der Waals surface area contributed by atoms with Gasteiger partial charge in [0.2, 0.25) is 5.95 Å². The van der Waals surface area contributed by atoms with E-state index in [-0.39, 0.29) is 5.91 Å². The molecule has 40 heavy (non-hydrogen) atoms. The fraction of sp³-hybridized carbons (Fsp3) is 0.323. The van der Waals surface area contributed by atoms with Gasteiger partial charge in [0, 0.05) is 63.1 Å². The van der Waals surface area contributed by atoms with Crippen molar-refractivity contribution in [1.29, 1.82) is 0 Å². The van der Waals surface area contributed by atoms with Crippen LogP contribution >= 0.6 is 0 Å². The number of nitrogens with one attached hydrogen (secondary N) is 2. The van der Waals surface area contributed by atoms with E-state index in [9.17, 15) is 4.79 Å². The summed E-state index contributed by atoms with van der Waals surface area (Å²) in [6, 6.07) is 14.0. The standard InChI is InChI=1S/C31H37N7O2/c1-20-15-21(2)29(22(3)16-20)35-30(39)23-17-27(37(5)19-23)25-9-10-32-31(33-25)34-26-8-7-24(18-28(26)40-6)38-13-11-36(4)12-14-38/h7-10,15-19H,11-14H2,1-6H3,(H,35,39)(H,32,33,34). The molecule has 1 amide bonds. The smallest absolute Gasteiger partial charge is 0.257 e. The first-order valence-corrected chi connectivity index (χ1v) is 13.5. The Labute approximate surface area is 235 Å². The molecular weight excluding hydrogens is 502 g/mol. The Morgan fingerprint density at radius 3 is 2.38 bits per heavy atom. The lowest BCUT2D eigenvalue weighted by Crippen LogP contribution is -2.44. The Hall–Kier alpha value is -4.37. The van der Waals surface area contributed by atoms with Crippen LogP contribution in [0.15, 0.2) is 54.9 Å². The van der Waals surface area contributed by atoms with Gasteiger partial charge in [-0.1, -0.05) is 17.7 Å². The van der Waals surface area contributed by atoms with E-state index in [2.05, 4.69) is 63.7 Å². The van der Waals surface area contributed by atoms with Gasteiger partial charge in [-0.3, -0.25) is 4.79 Å². The average Bonchev–Trinajstić information content (AvgIpc) is 3.33. The maximum Gasteiger partial charge on any atom is 0.257 e. The number of methoxy groups -OCH3 is 1.